The van der Waals surface area contributed by atoms with Crippen molar-refractivity contribution in [3.05, 3.63) is 37.9 Å². The summed E-state index contributed by atoms with van der Waals surface area (Å²) in [4.78, 5) is 5.56. The van der Waals surface area contributed by atoms with Gasteiger partial charge < -0.3 is 5.32 Å². The summed E-state index contributed by atoms with van der Waals surface area (Å²) in [5.41, 5.74) is 0. The zero-order chi connectivity index (χ0) is 11.5. The first-order valence-electron chi connectivity index (χ1n) is 5.07. The highest BCUT2D eigenvalue weighted by molar-refractivity contribution is 7.16. The molecule has 0 aliphatic carbocycles. The predicted octanol–water partition coefficient (Wildman–Crippen LogP) is 4.27. The van der Waals surface area contributed by atoms with Crippen molar-refractivity contribution >= 4 is 34.3 Å². The van der Waals surface area contributed by atoms with Gasteiger partial charge in [-0.1, -0.05) is 11.6 Å². The van der Waals surface area contributed by atoms with Crippen LogP contribution in [0.25, 0.3) is 0 Å². The van der Waals surface area contributed by atoms with Crippen LogP contribution in [0.5, 0.6) is 0 Å². The molecule has 1 N–H and O–H groups in total. The third kappa shape index (κ3) is 2.83. The zero-order valence-corrected chi connectivity index (χ0v) is 11.5. The maximum Gasteiger partial charge on any atom is 0.109 e. The van der Waals surface area contributed by atoms with Crippen molar-refractivity contribution in [3.63, 3.8) is 0 Å². The van der Waals surface area contributed by atoms with Crippen molar-refractivity contribution in [2.75, 3.05) is 0 Å². The van der Waals surface area contributed by atoms with E-state index in [2.05, 4.69) is 30.2 Å². The van der Waals surface area contributed by atoms with Crippen LogP contribution in [0.1, 0.15) is 35.8 Å². The van der Waals surface area contributed by atoms with Crippen molar-refractivity contribution in [3.8, 4) is 0 Å². The van der Waals surface area contributed by atoms with Crippen molar-refractivity contribution in [2.24, 2.45) is 0 Å². The molecule has 5 heteroatoms. The molecule has 2 nitrogen and oxygen atoms in total. The monoisotopic (exact) mass is 272 g/mol. The van der Waals surface area contributed by atoms with Crippen LogP contribution in [0, 0.1) is 0 Å². The maximum absolute atomic E-state index is 5.92. The van der Waals surface area contributed by atoms with Gasteiger partial charge in [0.25, 0.3) is 0 Å². The molecule has 2 aromatic heterocycles. The van der Waals surface area contributed by atoms with E-state index >= 15 is 0 Å². The molecule has 2 heterocycles. The second kappa shape index (κ2) is 5.27. The third-order valence-electron chi connectivity index (χ3n) is 2.34. The first kappa shape index (κ1) is 12.0. The summed E-state index contributed by atoms with van der Waals surface area (Å²) < 4.78 is 0.838. The third-order valence-corrected chi connectivity index (χ3v) is 4.71. The van der Waals surface area contributed by atoms with E-state index in [9.17, 15) is 0 Å². The SMILES string of the molecule is CC(NC(C)c1nccs1)c1ccc(Cl)s1. The van der Waals surface area contributed by atoms with Gasteiger partial charge in [-0.2, -0.15) is 0 Å². The van der Waals surface area contributed by atoms with Crippen LogP contribution in [0.3, 0.4) is 0 Å². The molecule has 2 atom stereocenters. The van der Waals surface area contributed by atoms with E-state index in [-0.39, 0.29) is 6.04 Å². The molecule has 0 fully saturated rings. The molecule has 0 radical (unpaired) electrons. The van der Waals surface area contributed by atoms with Crippen LogP contribution in [0.2, 0.25) is 4.34 Å². The molecule has 0 saturated heterocycles. The minimum Gasteiger partial charge on any atom is -0.301 e. The van der Waals surface area contributed by atoms with E-state index in [0.29, 0.717) is 6.04 Å². The topological polar surface area (TPSA) is 24.9 Å². The van der Waals surface area contributed by atoms with Gasteiger partial charge in [0, 0.05) is 22.5 Å². The Morgan fingerprint density at radius 2 is 2.12 bits per heavy atom. The Hall–Kier alpha value is -0.420. The summed E-state index contributed by atoms with van der Waals surface area (Å²) in [7, 11) is 0. The highest BCUT2D eigenvalue weighted by Gasteiger charge is 2.14. The number of halogens is 1. The van der Waals surface area contributed by atoms with E-state index in [1.165, 1.54) is 4.88 Å². The zero-order valence-electron chi connectivity index (χ0n) is 9.11. The van der Waals surface area contributed by atoms with Gasteiger partial charge in [-0.15, -0.1) is 22.7 Å². The standard InChI is InChI=1S/C11H13ClN2S2/c1-7(9-3-4-10(12)16-9)14-8(2)11-13-5-6-15-11/h3-8,14H,1-2H3. The molecule has 0 spiro atoms. The quantitative estimate of drug-likeness (QED) is 0.899. The highest BCUT2D eigenvalue weighted by atomic mass is 35.5. The van der Waals surface area contributed by atoms with E-state index in [1.807, 2.05) is 17.6 Å². The number of nitrogens with one attached hydrogen (secondary N) is 1. The lowest BCUT2D eigenvalue weighted by Crippen LogP contribution is -2.21. The minimum atomic E-state index is 0.274. The minimum absolute atomic E-state index is 0.274. The summed E-state index contributed by atoms with van der Waals surface area (Å²) in [6.45, 7) is 4.27. The first-order valence-corrected chi connectivity index (χ1v) is 7.15. The Morgan fingerprint density at radius 1 is 1.31 bits per heavy atom. The molecule has 0 aromatic carbocycles. The molecule has 2 aromatic rings. The lowest BCUT2D eigenvalue weighted by atomic mass is 10.2. The highest BCUT2D eigenvalue weighted by Crippen LogP contribution is 2.28. The van der Waals surface area contributed by atoms with Gasteiger partial charge in [-0.3, -0.25) is 0 Å². The normalized spacial score (nSPS) is 14.9. The lowest BCUT2D eigenvalue weighted by Gasteiger charge is -2.17. The Labute approximate surface area is 108 Å². The van der Waals surface area contributed by atoms with E-state index < -0.39 is 0 Å². The van der Waals surface area contributed by atoms with Crippen molar-refractivity contribution in [1.29, 1.82) is 0 Å². The van der Waals surface area contributed by atoms with Gasteiger partial charge in [0.1, 0.15) is 5.01 Å². The van der Waals surface area contributed by atoms with Crippen molar-refractivity contribution in [1.82, 2.24) is 10.3 Å². The van der Waals surface area contributed by atoms with Gasteiger partial charge in [0.2, 0.25) is 0 Å². The van der Waals surface area contributed by atoms with Crippen LogP contribution in [0.4, 0.5) is 0 Å². The average molecular weight is 273 g/mol. The fraction of sp³-hybridized carbons (Fsp3) is 0.364. The Morgan fingerprint density at radius 3 is 2.69 bits per heavy atom. The van der Waals surface area contributed by atoms with Crippen molar-refractivity contribution in [2.45, 2.75) is 25.9 Å². The Kier molecular flexibility index (Phi) is 3.97. The fourth-order valence-electron chi connectivity index (χ4n) is 1.54. The van der Waals surface area contributed by atoms with E-state index in [0.717, 1.165) is 9.34 Å². The number of nitrogens with zero attached hydrogens (tertiary/aromatic N) is 1. The molecule has 0 bridgehead atoms. The number of aromatic nitrogens is 1. The predicted molar refractivity (Wildman–Crippen MR) is 71.4 cm³/mol. The molecule has 0 aliphatic rings. The van der Waals surface area contributed by atoms with Gasteiger partial charge >= 0.3 is 0 Å². The maximum atomic E-state index is 5.92. The second-order valence-corrected chi connectivity index (χ2v) is 6.30. The van der Waals surface area contributed by atoms with Gasteiger partial charge in [0.15, 0.2) is 0 Å². The number of hydrogen-bond donors (Lipinski definition) is 1. The molecule has 0 aliphatic heterocycles. The van der Waals surface area contributed by atoms with Crippen LogP contribution in [-0.2, 0) is 0 Å². The molecule has 16 heavy (non-hydrogen) atoms. The van der Waals surface area contributed by atoms with Gasteiger partial charge in [0.05, 0.1) is 10.4 Å². The molecular weight excluding hydrogens is 260 g/mol. The summed E-state index contributed by atoms with van der Waals surface area (Å²) in [6, 6.07) is 4.58. The molecule has 2 unspecified atom stereocenters. The summed E-state index contributed by atoms with van der Waals surface area (Å²) in [5, 5.41) is 6.63. The Balaban J connectivity index is 2.00. The number of rotatable bonds is 4. The molecule has 0 amide bonds. The van der Waals surface area contributed by atoms with Crippen molar-refractivity contribution < 1.29 is 0 Å². The molecule has 2 rings (SSSR count). The smallest absolute Gasteiger partial charge is 0.109 e. The Bertz CT molecular complexity index is 439. The summed E-state index contributed by atoms with van der Waals surface area (Å²) in [6.07, 6.45) is 1.84. The van der Waals surface area contributed by atoms with Crippen LogP contribution < -0.4 is 5.32 Å². The van der Waals surface area contributed by atoms with Gasteiger partial charge in [-0.25, -0.2) is 4.98 Å². The summed E-state index contributed by atoms with van der Waals surface area (Å²) in [5.74, 6) is 0. The fourth-order valence-corrected chi connectivity index (χ4v) is 3.27. The largest absolute Gasteiger partial charge is 0.301 e. The molecule has 86 valence electrons. The number of thiophene rings is 1. The van der Waals surface area contributed by atoms with E-state index in [4.69, 9.17) is 11.6 Å². The van der Waals surface area contributed by atoms with Crippen LogP contribution in [0.15, 0.2) is 23.7 Å². The second-order valence-electron chi connectivity index (χ2n) is 3.62. The van der Waals surface area contributed by atoms with Crippen LogP contribution in [-0.4, -0.2) is 4.98 Å². The molecule has 0 saturated carbocycles. The van der Waals surface area contributed by atoms with Crippen LogP contribution >= 0.6 is 34.3 Å². The molecular formula is C11H13ClN2S2. The first-order chi connectivity index (χ1) is 7.66. The lowest BCUT2D eigenvalue weighted by molar-refractivity contribution is 0.498. The van der Waals surface area contributed by atoms with Gasteiger partial charge in [-0.05, 0) is 26.0 Å². The number of thiazole rings is 1. The average Bonchev–Trinajstić information content (AvgIpc) is 2.87. The number of hydrogen-bond acceptors (Lipinski definition) is 4. The van der Waals surface area contributed by atoms with E-state index in [1.54, 1.807) is 22.7 Å². The summed E-state index contributed by atoms with van der Waals surface area (Å²) >= 11 is 9.22.